The first-order valence-electron chi connectivity index (χ1n) is 13.0. The summed E-state index contributed by atoms with van der Waals surface area (Å²) in [5, 5.41) is 2.53. The van der Waals surface area contributed by atoms with E-state index in [1.54, 1.807) is 58.9 Å². The van der Waals surface area contributed by atoms with E-state index in [9.17, 15) is 33.5 Å². The smallest absolute Gasteiger partial charge is 0.410 e. The van der Waals surface area contributed by atoms with E-state index in [1.807, 2.05) is 6.07 Å². The van der Waals surface area contributed by atoms with Crippen LogP contribution in [-0.4, -0.2) is 74.4 Å². The van der Waals surface area contributed by atoms with Gasteiger partial charge in [0.1, 0.15) is 24.5 Å². The molecular formula is C26H43N4O8P. The number of likely N-dealkylation sites (N-methyl/N-ethyl adjacent to an activating group) is 1. The number of carbonyl (C=O) groups excluding carboxylic acids is 4. The standard InChI is InChI=1S/C26H43N4O8P/c1-8-12-20(29(7)26(34)38-15-19-13-10-9-11-14-19)24(32)30(18(6)39(35,36)37)25(33)22(17(4)5)28-23(31)21(27)16(2)3/h9-11,13-14,16-18,20-22H,8,12,15,27H2,1-7H3,(H,28,31)(H2,35,36,37)/t18-,20+,21+,22+/m1/s1. The number of nitrogens with two attached hydrogens (primary N) is 1. The zero-order valence-corrected chi connectivity index (χ0v) is 24.6. The molecule has 0 heterocycles. The highest BCUT2D eigenvalue weighted by molar-refractivity contribution is 7.52. The van der Waals surface area contributed by atoms with E-state index in [2.05, 4.69) is 5.32 Å². The molecule has 12 nitrogen and oxygen atoms in total. The van der Waals surface area contributed by atoms with Gasteiger partial charge in [-0.05, 0) is 30.7 Å². The van der Waals surface area contributed by atoms with Gasteiger partial charge in [-0.15, -0.1) is 0 Å². The SMILES string of the molecule is CCC[C@@H](C(=O)N(C(=O)[C@@H](NC(=O)[C@@H](N)C(C)C)C(C)C)[C@@H](C)P(=O)(O)O)N(C)C(=O)OCc1ccccc1. The lowest BCUT2D eigenvalue weighted by atomic mass is 9.99. The Morgan fingerprint density at radius 3 is 2.03 bits per heavy atom. The van der Waals surface area contributed by atoms with Gasteiger partial charge in [0.05, 0.1) is 6.04 Å². The van der Waals surface area contributed by atoms with E-state index in [1.165, 1.54) is 7.05 Å². The number of carbonyl (C=O) groups is 4. The van der Waals surface area contributed by atoms with E-state index in [-0.39, 0.29) is 18.9 Å². The Kier molecular flexibility index (Phi) is 13.3. The summed E-state index contributed by atoms with van der Waals surface area (Å²) in [5.41, 5.74) is 6.64. The highest BCUT2D eigenvalue weighted by Crippen LogP contribution is 2.43. The van der Waals surface area contributed by atoms with Gasteiger partial charge in [0.15, 0.2) is 0 Å². The third-order valence-corrected chi connectivity index (χ3v) is 7.60. The van der Waals surface area contributed by atoms with E-state index in [0.717, 1.165) is 17.4 Å². The molecule has 1 rings (SSSR count). The second kappa shape index (κ2) is 15.1. The van der Waals surface area contributed by atoms with Gasteiger partial charge < -0.3 is 25.6 Å². The van der Waals surface area contributed by atoms with E-state index in [4.69, 9.17) is 10.5 Å². The van der Waals surface area contributed by atoms with Crippen molar-refractivity contribution < 1.29 is 38.3 Å². The predicted octanol–water partition coefficient (Wildman–Crippen LogP) is 2.43. The fraction of sp³-hybridized carbons (Fsp3) is 0.615. The summed E-state index contributed by atoms with van der Waals surface area (Å²) in [4.78, 5) is 74.4. The maximum absolute atomic E-state index is 13.8. The zero-order valence-electron chi connectivity index (χ0n) is 23.7. The summed E-state index contributed by atoms with van der Waals surface area (Å²) >= 11 is 0. The minimum Gasteiger partial charge on any atom is -0.445 e. The lowest BCUT2D eigenvalue weighted by Gasteiger charge is -2.37. The van der Waals surface area contributed by atoms with Gasteiger partial charge in [-0.1, -0.05) is 71.4 Å². The average Bonchev–Trinajstić information content (AvgIpc) is 2.87. The Morgan fingerprint density at radius 2 is 1.56 bits per heavy atom. The van der Waals surface area contributed by atoms with Gasteiger partial charge in [-0.3, -0.25) is 28.7 Å². The second-order valence-electron chi connectivity index (χ2n) is 10.2. The third-order valence-electron chi connectivity index (χ3n) is 6.39. The van der Waals surface area contributed by atoms with E-state index >= 15 is 0 Å². The molecule has 4 amide bonds. The van der Waals surface area contributed by atoms with Crippen LogP contribution in [0.1, 0.15) is 59.9 Å². The quantitative estimate of drug-likeness (QED) is 0.259. The largest absolute Gasteiger partial charge is 0.445 e. The Morgan fingerprint density at radius 1 is 1.00 bits per heavy atom. The lowest BCUT2D eigenvalue weighted by Crippen LogP contribution is -2.61. The molecule has 0 bridgehead atoms. The molecule has 0 radical (unpaired) electrons. The van der Waals surface area contributed by atoms with E-state index in [0.29, 0.717) is 11.3 Å². The molecule has 0 aromatic heterocycles. The molecule has 39 heavy (non-hydrogen) atoms. The lowest BCUT2D eigenvalue weighted by molar-refractivity contribution is -0.152. The van der Waals surface area contributed by atoms with Crippen molar-refractivity contribution in [1.82, 2.24) is 15.1 Å². The van der Waals surface area contributed by atoms with Crippen molar-refractivity contribution in [2.24, 2.45) is 17.6 Å². The van der Waals surface area contributed by atoms with Gasteiger partial charge in [0.25, 0.3) is 11.8 Å². The summed E-state index contributed by atoms with van der Waals surface area (Å²) < 4.78 is 17.6. The van der Waals surface area contributed by atoms with Crippen LogP contribution in [0.2, 0.25) is 0 Å². The first kappa shape index (κ1) is 34.2. The van der Waals surface area contributed by atoms with Crippen LogP contribution in [0.5, 0.6) is 0 Å². The maximum Gasteiger partial charge on any atom is 0.410 e. The van der Waals surface area contributed by atoms with Crippen molar-refractivity contribution in [3.8, 4) is 0 Å². The van der Waals surface area contributed by atoms with Crippen molar-refractivity contribution >= 4 is 31.4 Å². The normalized spacial score (nSPS) is 14.8. The third kappa shape index (κ3) is 9.72. The number of imide groups is 1. The number of nitrogens with zero attached hydrogens (tertiary/aromatic N) is 2. The van der Waals surface area contributed by atoms with Crippen LogP contribution in [0.15, 0.2) is 30.3 Å². The molecular weight excluding hydrogens is 527 g/mol. The van der Waals surface area contributed by atoms with Gasteiger partial charge in [0.2, 0.25) is 5.91 Å². The van der Waals surface area contributed by atoms with Crippen molar-refractivity contribution in [2.45, 2.75) is 84.9 Å². The number of rotatable bonds is 13. The first-order valence-corrected chi connectivity index (χ1v) is 14.6. The molecule has 0 fully saturated rings. The molecule has 13 heteroatoms. The molecule has 0 aliphatic heterocycles. The van der Waals surface area contributed by atoms with Crippen LogP contribution in [0.3, 0.4) is 0 Å². The number of benzene rings is 1. The van der Waals surface area contributed by atoms with Crippen molar-refractivity contribution in [1.29, 1.82) is 0 Å². The molecule has 4 atom stereocenters. The Balaban J connectivity index is 3.36. The van der Waals surface area contributed by atoms with Gasteiger partial charge in [-0.2, -0.15) is 0 Å². The molecule has 0 saturated carbocycles. The van der Waals surface area contributed by atoms with Crippen molar-refractivity contribution in [3.63, 3.8) is 0 Å². The molecule has 0 aliphatic carbocycles. The number of ether oxygens (including phenoxy) is 1. The van der Waals surface area contributed by atoms with Crippen LogP contribution in [0.25, 0.3) is 0 Å². The number of amides is 4. The summed E-state index contributed by atoms with van der Waals surface area (Å²) in [6.07, 6.45) is -0.352. The van der Waals surface area contributed by atoms with E-state index < -0.39 is 61.2 Å². The molecule has 0 saturated heterocycles. The average molecular weight is 571 g/mol. The highest BCUT2D eigenvalue weighted by Gasteiger charge is 2.45. The van der Waals surface area contributed by atoms with Crippen LogP contribution in [-0.2, 0) is 30.3 Å². The van der Waals surface area contributed by atoms with Crippen LogP contribution >= 0.6 is 7.60 Å². The number of nitrogens with one attached hydrogen (secondary N) is 1. The predicted molar refractivity (Wildman–Crippen MR) is 146 cm³/mol. The summed E-state index contributed by atoms with van der Waals surface area (Å²) in [5.74, 6) is -5.31. The highest BCUT2D eigenvalue weighted by atomic mass is 31.2. The van der Waals surface area contributed by atoms with Crippen molar-refractivity contribution in [2.75, 3.05) is 7.05 Å². The van der Waals surface area contributed by atoms with Crippen LogP contribution < -0.4 is 11.1 Å². The second-order valence-corrected chi connectivity index (χ2v) is 12.1. The van der Waals surface area contributed by atoms with Gasteiger partial charge in [-0.25, -0.2) is 4.79 Å². The Labute approximate surface area is 230 Å². The zero-order chi connectivity index (χ0) is 30.1. The molecule has 0 aliphatic rings. The van der Waals surface area contributed by atoms with Crippen molar-refractivity contribution in [3.05, 3.63) is 35.9 Å². The maximum atomic E-state index is 13.8. The molecule has 5 N–H and O–H groups in total. The Bertz CT molecular complexity index is 1030. The van der Waals surface area contributed by atoms with Gasteiger partial charge in [0, 0.05) is 7.05 Å². The Hall–Kier alpha value is -2.79. The summed E-state index contributed by atoms with van der Waals surface area (Å²) in [6.45, 7) is 9.43. The number of hydrogen-bond acceptors (Lipinski definition) is 7. The molecule has 0 unspecified atom stereocenters. The molecule has 0 spiro atoms. The first-order chi connectivity index (χ1) is 18.0. The molecule has 1 aromatic carbocycles. The summed E-state index contributed by atoms with van der Waals surface area (Å²) in [7, 11) is -3.69. The van der Waals surface area contributed by atoms with Crippen LogP contribution in [0.4, 0.5) is 4.79 Å². The van der Waals surface area contributed by atoms with Crippen LogP contribution in [0, 0.1) is 11.8 Å². The summed E-state index contributed by atoms with van der Waals surface area (Å²) in [6, 6.07) is 5.37. The number of hydrogen-bond donors (Lipinski definition) is 4. The molecule has 220 valence electrons. The fourth-order valence-electron chi connectivity index (χ4n) is 3.71. The fourth-order valence-corrected chi connectivity index (χ4v) is 4.24. The molecule has 1 aromatic rings. The minimum atomic E-state index is -5.01. The van der Waals surface area contributed by atoms with Gasteiger partial charge >= 0.3 is 13.7 Å². The topological polar surface area (TPSA) is 180 Å². The minimum absolute atomic E-state index is 0.0594. The monoisotopic (exact) mass is 570 g/mol.